The summed E-state index contributed by atoms with van der Waals surface area (Å²) in [4.78, 5) is 0. The van der Waals surface area contributed by atoms with Gasteiger partial charge in [0.2, 0.25) is 0 Å². The lowest BCUT2D eigenvalue weighted by atomic mass is 10.1. The van der Waals surface area contributed by atoms with Crippen LogP contribution in [0.5, 0.6) is 0 Å². The Bertz CT molecular complexity index is 248. The summed E-state index contributed by atoms with van der Waals surface area (Å²) >= 11 is 11.5. The molecule has 0 aromatic heterocycles. The van der Waals surface area contributed by atoms with Crippen LogP contribution in [0, 0.1) is 6.92 Å². The van der Waals surface area contributed by atoms with Crippen molar-refractivity contribution in [3.8, 4) is 0 Å². The van der Waals surface area contributed by atoms with Crippen LogP contribution in [0.15, 0.2) is 24.3 Å². The zero-order valence-corrected chi connectivity index (χ0v) is 9.49. The van der Waals surface area contributed by atoms with Gasteiger partial charge in [0.1, 0.15) is 0 Å². The molecule has 0 nitrogen and oxygen atoms in total. The Kier molecular flexibility index (Phi) is 4.13. The largest absolute Gasteiger partial charge is 0.274 e. The molecule has 0 N–H and O–H groups in total. The quantitative estimate of drug-likeness (QED) is 0.538. The maximum absolute atomic E-state index is 5.75. The molecule has 0 saturated heterocycles. The maximum atomic E-state index is 5.75. The SMILES string of the molecule is Cc1ccccc1CC[Si](Cl)Cl. The van der Waals surface area contributed by atoms with Gasteiger partial charge in [-0.3, -0.25) is 0 Å². The molecular weight excluding hydrogens is 207 g/mol. The van der Waals surface area contributed by atoms with Crippen LogP contribution in [-0.4, -0.2) is 7.42 Å². The summed E-state index contributed by atoms with van der Waals surface area (Å²) in [6, 6.07) is 9.28. The van der Waals surface area contributed by atoms with Crippen molar-refractivity contribution in [2.24, 2.45) is 0 Å². The van der Waals surface area contributed by atoms with Gasteiger partial charge in [-0.25, -0.2) is 0 Å². The van der Waals surface area contributed by atoms with Crippen LogP contribution < -0.4 is 0 Å². The highest BCUT2D eigenvalue weighted by molar-refractivity contribution is 7.33. The van der Waals surface area contributed by atoms with Gasteiger partial charge in [-0.15, -0.1) is 22.2 Å². The van der Waals surface area contributed by atoms with E-state index >= 15 is 0 Å². The lowest BCUT2D eigenvalue weighted by Gasteiger charge is -2.03. The Morgan fingerprint density at radius 3 is 2.50 bits per heavy atom. The van der Waals surface area contributed by atoms with E-state index in [4.69, 9.17) is 22.2 Å². The molecule has 0 unspecified atom stereocenters. The Hall–Kier alpha value is 0.0169. The van der Waals surface area contributed by atoms with E-state index in [0.717, 1.165) is 12.5 Å². The summed E-state index contributed by atoms with van der Waals surface area (Å²) in [5.41, 5.74) is 2.69. The minimum atomic E-state index is -1.10. The third kappa shape index (κ3) is 3.17. The second kappa shape index (κ2) is 4.90. The third-order valence-electron chi connectivity index (χ3n) is 1.84. The summed E-state index contributed by atoms with van der Waals surface area (Å²) in [5, 5.41) is 0. The Morgan fingerprint density at radius 1 is 1.25 bits per heavy atom. The third-order valence-corrected chi connectivity index (χ3v) is 3.61. The average molecular weight is 218 g/mol. The molecule has 0 amide bonds. The fourth-order valence-electron chi connectivity index (χ4n) is 1.12. The molecule has 0 saturated carbocycles. The molecule has 1 radical (unpaired) electrons. The van der Waals surface area contributed by atoms with E-state index in [1.165, 1.54) is 11.1 Å². The molecule has 0 aliphatic carbocycles. The van der Waals surface area contributed by atoms with E-state index in [1.807, 2.05) is 6.07 Å². The predicted molar refractivity (Wildman–Crippen MR) is 57.2 cm³/mol. The maximum Gasteiger partial charge on any atom is 0.274 e. The number of hydrogen-bond acceptors (Lipinski definition) is 0. The molecular formula is C9H11Cl2Si. The average Bonchev–Trinajstić information content (AvgIpc) is 2.03. The molecule has 1 aromatic carbocycles. The van der Waals surface area contributed by atoms with Crippen molar-refractivity contribution in [3.05, 3.63) is 35.4 Å². The first-order valence-corrected chi connectivity index (χ1v) is 7.64. The molecule has 0 heterocycles. The Labute approximate surface area is 84.5 Å². The molecule has 65 valence electrons. The first-order valence-electron chi connectivity index (χ1n) is 3.91. The summed E-state index contributed by atoms with van der Waals surface area (Å²) in [6.45, 7) is 2.12. The first-order chi connectivity index (χ1) is 5.70. The highest BCUT2D eigenvalue weighted by atomic mass is 35.7. The minimum absolute atomic E-state index is 0.929. The van der Waals surface area contributed by atoms with E-state index in [1.54, 1.807) is 0 Å². The monoisotopic (exact) mass is 217 g/mol. The van der Waals surface area contributed by atoms with Crippen molar-refractivity contribution in [1.82, 2.24) is 0 Å². The zero-order valence-electron chi connectivity index (χ0n) is 6.98. The van der Waals surface area contributed by atoms with Crippen molar-refractivity contribution in [2.45, 2.75) is 19.4 Å². The van der Waals surface area contributed by atoms with Gasteiger partial charge in [0.15, 0.2) is 0 Å². The highest BCUT2D eigenvalue weighted by Crippen LogP contribution is 2.13. The predicted octanol–water partition coefficient (Wildman–Crippen LogP) is 3.50. The van der Waals surface area contributed by atoms with Gasteiger partial charge < -0.3 is 0 Å². The smallest absolute Gasteiger partial charge is 0.147 e. The zero-order chi connectivity index (χ0) is 8.97. The molecule has 0 fully saturated rings. The van der Waals surface area contributed by atoms with Crippen LogP contribution in [0.25, 0.3) is 0 Å². The minimum Gasteiger partial charge on any atom is -0.147 e. The number of aryl methyl sites for hydroxylation is 2. The highest BCUT2D eigenvalue weighted by Gasteiger charge is 2.04. The molecule has 3 heteroatoms. The second-order valence-corrected chi connectivity index (χ2v) is 7.26. The normalized spacial score (nSPS) is 10.7. The van der Waals surface area contributed by atoms with Crippen molar-refractivity contribution in [3.63, 3.8) is 0 Å². The lowest BCUT2D eigenvalue weighted by Crippen LogP contribution is -1.96. The van der Waals surface area contributed by atoms with Gasteiger partial charge in [0.25, 0.3) is 7.42 Å². The molecule has 12 heavy (non-hydrogen) atoms. The first kappa shape index (κ1) is 10.1. The van der Waals surface area contributed by atoms with Gasteiger partial charge in [-0.05, 0) is 30.5 Å². The summed E-state index contributed by atoms with van der Waals surface area (Å²) < 4.78 is 0. The molecule has 0 atom stereocenters. The van der Waals surface area contributed by atoms with Crippen LogP contribution >= 0.6 is 22.2 Å². The fourth-order valence-corrected chi connectivity index (χ4v) is 2.15. The molecule has 1 aromatic rings. The van der Waals surface area contributed by atoms with E-state index in [-0.39, 0.29) is 0 Å². The van der Waals surface area contributed by atoms with Gasteiger partial charge in [-0.2, -0.15) is 0 Å². The van der Waals surface area contributed by atoms with Gasteiger partial charge >= 0.3 is 0 Å². The molecule has 0 aliphatic rings. The van der Waals surface area contributed by atoms with Crippen molar-refractivity contribution < 1.29 is 0 Å². The Morgan fingerprint density at radius 2 is 1.92 bits per heavy atom. The van der Waals surface area contributed by atoms with Crippen molar-refractivity contribution in [2.75, 3.05) is 0 Å². The van der Waals surface area contributed by atoms with Crippen LogP contribution in [0.4, 0.5) is 0 Å². The topological polar surface area (TPSA) is 0 Å². The molecule has 0 aliphatic heterocycles. The van der Waals surface area contributed by atoms with E-state index in [9.17, 15) is 0 Å². The van der Waals surface area contributed by atoms with Gasteiger partial charge in [-0.1, -0.05) is 24.3 Å². The van der Waals surface area contributed by atoms with Gasteiger partial charge in [0.05, 0.1) is 0 Å². The van der Waals surface area contributed by atoms with E-state index in [2.05, 4.69) is 25.1 Å². The second-order valence-electron chi connectivity index (χ2n) is 2.77. The standard InChI is InChI=1S/C9H11Cl2Si/c1-8-4-2-3-5-9(8)6-7-12(10)11/h2-5H,6-7H2,1H3. The van der Waals surface area contributed by atoms with E-state index < -0.39 is 7.42 Å². The van der Waals surface area contributed by atoms with Crippen LogP contribution in [0.1, 0.15) is 11.1 Å². The molecule has 0 bridgehead atoms. The number of benzene rings is 1. The molecule has 0 spiro atoms. The summed E-state index contributed by atoms with van der Waals surface area (Å²) in [7, 11) is -1.10. The van der Waals surface area contributed by atoms with E-state index in [0.29, 0.717) is 0 Å². The Balaban J connectivity index is 2.57. The summed E-state index contributed by atoms with van der Waals surface area (Å²) in [5.74, 6) is 0. The van der Waals surface area contributed by atoms with Crippen LogP contribution in [0.2, 0.25) is 6.04 Å². The van der Waals surface area contributed by atoms with Crippen LogP contribution in [-0.2, 0) is 6.42 Å². The number of rotatable bonds is 3. The number of halogens is 2. The van der Waals surface area contributed by atoms with Crippen molar-refractivity contribution >= 4 is 29.6 Å². The van der Waals surface area contributed by atoms with Crippen LogP contribution in [0.3, 0.4) is 0 Å². The molecule has 1 rings (SSSR count). The van der Waals surface area contributed by atoms with Crippen molar-refractivity contribution in [1.29, 1.82) is 0 Å². The summed E-state index contributed by atoms with van der Waals surface area (Å²) in [6.07, 6.45) is 1.01. The lowest BCUT2D eigenvalue weighted by molar-refractivity contribution is 1.10. The fraction of sp³-hybridized carbons (Fsp3) is 0.333. The van der Waals surface area contributed by atoms with Gasteiger partial charge in [0, 0.05) is 0 Å². The number of hydrogen-bond donors (Lipinski definition) is 0.